The van der Waals surface area contributed by atoms with Crippen LogP contribution in [0.3, 0.4) is 0 Å². The molecular formula is C16H23NaO4. The SMILES string of the molecule is CCCCCC(=O)OC1=C(C)CC(C)(C)C=C1C(=O)[O-].[Na+]. The summed E-state index contributed by atoms with van der Waals surface area (Å²) < 4.78 is 5.27. The molecule has 0 spiro atoms. The fraction of sp³-hybridized carbons (Fsp3) is 0.625. The molecule has 0 N–H and O–H groups in total. The number of rotatable bonds is 6. The number of carboxylic acids is 1. The molecular weight excluding hydrogens is 279 g/mol. The van der Waals surface area contributed by atoms with E-state index in [0.29, 0.717) is 12.8 Å². The molecule has 0 fully saturated rings. The second-order valence-electron chi connectivity index (χ2n) is 6.05. The molecule has 4 nitrogen and oxygen atoms in total. The molecule has 0 saturated heterocycles. The van der Waals surface area contributed by atoms with Gasteiger partial charge in [0.15, 0.2) is 0 Å². The van der Waals surface area contributed by atoms with E-state index in [2.05, 4.69) is 6.92 Å². The van der Waals surface area contributed by atoms with Crippen molar-refractivity contribution in [2.45, 2.75) is 59.8 Å². The van der Waals surface area contributed by atoms with Crippen molar-refractivity contribution >= 4 is 11.9 Å². The summed E-state index contributed by atoms with van der Waals surface area (Å²) in [5, 5.41) is 11.2. The van der Waals surface area contributed by atoms with Crippen molar-refractivity contribution in [2.24, 2.45) is 5.41 Å². The molecule has 0 radical (unpaired) electrons. The van der Waals surface area contributed by atoms with Gasteiger partial charge in [0.2, 0.25) is 0 Å². The number of allylic oxidation sites excluding steroid dienone is 2. The molecule has 0 saturated carbocycles. The minimum Gasteiger partial charge on any atom is -0.545 e. The van der Waals surface area contributed by atoms with E-state index < -0.39 is 5.97 Å². The van der Waals surface area contributed by atoms with Crippen LogP contribution >= 0.6 is 0 Å². The van der Waals surface area contributed by atoms with Crippen molar-refractivity contribution in [1.82, 2.24) is 0 Å². The molecule has 1 aliphatic carbocycles. The first-order chi connectivity index (χ1) is 9.26. The number of carboxylic acid groups (broad SMARTS) is 1. The third kappa shape index (κ3) is 6.37. The molecule has 0 atom stereocenters. The van der Waals surface area contributed by atoms with Crippen LogP contribution in [0.4, 0.5) is 0 Å². The van der Waals surface area contributed by atoms with Gasteiger partial charge in [-0.15, -0.1) is 0 Å². The maximum absolute atomic E-state index is 11.8. The summed E-state index contributed by atoms with van der Waals surface area (Å²) in [4.78, 5) is 23.0. The number of hydrogen-bond acceptors (Lipinski definition) is 4. The Bertz CT molecular complexity index is 461. The van der Waals surface area contributed by atoms with E-state index in [1.807, 2.05) is 13.8 Å². The summed E-state index contributed by atoms with van der Waals surface area (Å²) >= 11 is 0. The zero-order chi connectivity index (χ0) is 15.3. The van der Waals surface area contributed by atoms with E-state index in [4.69, 9.17) is 4.74 Å². The Balaban J connectivity index is 0.00000400. The van der Waals surface area contributed by atoms with E-state index in [0.717, 1.165) is 24.8 Å². The maximum atomic E-state index is 11.8. The Morgan fingerprint density at radius 1 is 1.33 bits per heavy atom. The van der Waals surface area contributed by atoms with E-state index in [9.17, 15) is 14.7 Å². The Hall–Kier alpha value is -0.580. The van der Waals surface area contributed by atoms with Gasteiger partial charge in [-0.2, -0.15) is 0 Å². The average molecular weight is 302 g/mol. The largest absolute Gasteiger partial charge is 1.00 e. The quantitative estimate of drug-likeness (QED) is 0.377. The topological polar surface area (TPSA) is 66.4 Å². The molecule has 0 aromatic heterocycles. The molecule has 1 aliphatic rings. The fourth-order valence-electron chi connectivity index (χ4n) is 2.48. The van der Waals surface area contributed by atoms with Crippen LogP contribution < -0.4 is 34.7 Å². The minimum absolute atomic E-state index is 0. The number of hydrogen-bond donors (Lipinski definition) is 0. The van der Waals surface area contributed by atoms with Crippen LogP contribution in [0.5, 0.6) is 0 Å². The van der Waals surface area contributed by atoms with E-state index in [-0.39, 0.29) is 52.3 Å². The normalized spacial score (nSPS) is 16.9. The first-order valence-electron chi connectivity index (χ1n) is 7.12. The van der Waals surface area contributed by atoms with E-state index in [1.165, 1.54) is 0 Å². The van der Waals surface area contributed by atoms with E-state index in [1.54, 1.807) is 13.0 Å². The molecule has 5 heteroatoms. The van der Waals surface area contributed by atoms with Crippen LogP contribution in [0.2, 0.25) is 0 Å². The molecule has 0 unspecified atom stereocenters. The van der Waals surface area contributed by atoms with Crippen molar-refractivity contribution in [3.05, 3.63) is 23.0 Å². The fourth-order valence-corrected chi connectivity index (χ4v) is 2.48. The van der Waals surface area contributed by atoms with Gasteiger partial charge in [0.1, 0.15) is 5.76 Å². The smallest absolute Gasteiger partial charge is 0.545 e. The summed E-state index contributed by atoms with van der Waals surface area (Å²) in [6.45, 7) is 7.74. The first kappa shape index (κ1) is 20.4. The number of esters is 1. The molecule has 0 aliphatic heterocycles. The van der Waals surface area contributed by atoms with Crippen molar-refractivity contribution in [3.63, 3.8) is 0 Å². The molecule has 0 aromatic rings. The Morgan fingerprint density at radius 2 is 1.95 bits per heavy atom. The number of carbonyl (C=O) groups is 2. The van der Waals surface area contributed by atoms with Gasteiger partial charge < -0.3 is 14.6 Å². The summed E-state index contributed by atoms with van der Waals surface area (Å²) in [6, 6.07) is 0. The molecule has 112 valence electrons. The van der Waals surface area contributed by atoms with Crippen LogP contribution in [-0.4, -0.2) is 11.9 Å². The Morgan fingerprint density at radius 3 is 2.48 bits per heavy atom. The average Bonchev–Trinajstić information content (AvgIpc) is 2.31. The van der Waals surface area contributed by atoms with Crippen LogP contribution in [0.15, 0.2) is 23.0 Å². The summed E-state index contributed by atoms with van der Waals surface area (Å²) in [7, 11) is 0. The first-order valence-corrected chi connectivity index (χ1v) is 7.12. The third-order valence-electron chi connectivity index (χ3n) is 3.31. The van der Waals surface area contributed by atoms with Crippen LogP contribution in [0.25, 0.3) is 0 Å². The Kier molecular flexibility index (Phi) is 8.52. The molecule has 0 amide bonds. The molecule has 0 bridgehead atoms. The number of aliphatic carboxylic acids is 1. The van der Waals surface area contributed by atoms with Gasteiger partial charge in [0.05, 0.1) is 5.97 Å². The zero-order valence-corrected chi connectivity index (χ0v) is 15.7. The maximum Gasteiger partial charge on any atom is 1.00 e. The van der Waals surface area contributed by atoms with Gasteiger partial charge in [-0.1, -0.05) is 39.7 Å². The van der Waals surface area contributed by atoms with Crippen LogP contribution in [0, 0.1) is 5.41 Å². The molecule has 21 heavy (non-hydrogen) atoms. The number of ether oxygens (including phenoxy) is 1. The number of carbonyl (C=O) groups excluding carboxylic acids is 2. The second kappa shape index (κ2) is 8.76. The van der Waals surface area contributed by atoms with Crippen LogP contribution in [0.1, 0.15) is 59.8 Å². The standard InChI is InChI=1S/C16H24O4.Na/c1-5-6-7-8-13(17)20-14-11(2)9-16(3,4)10-12(14)15(18)19;/h10H,5-9H2,1-4H3,(H,18,19);/q;+1/p-1. The van der Waals surface area contributed by atoms with Crippen molar-refractivity contribution in [3.8, 4) is 0 Å². The van der Waals surface area contributed by atoms with Gasteiger partial charge in [0.25, 0.3) is 0 Å². The predicted molar refractivity (Wildman–Crippen MR) is 74.4 cm³/mol. The predicted octanol–water partition coefficient (Wildman–Crippen LogP) is -0.506. The van der Waals surface area contributed by atoms with Crippen molar-refractivity contribution < 1.29 is 49.0 Å². The van der Waals surface area contributed by atoms with Gasteiger partial charge in [0, 0.05) is 12.0 Å². The number of unbranched alkanes of at least 4 members (excludes halogenated alkanes) is 2. The van der Waals surface area contributed by atoms with Gasteiger partial charge >= 0.3 is 35.5 Å². The second-order valence-corrected chi connectivity index (χ2v) is 6.05. The van der Waals surface area contributed by atoms with Gasteiger partial charge in [-0.05, 0) is 30.8 Å². The molecule has 0 aromatic carbocycles. The van der Waals surface area contributed by atoms with E-state index >= 15 is 0 Å². The molecule has 0 heterocycles. The summed E-state index contributed by atoms with van der Waals surface area (Å²) in [5.41, 5.74) is 0.501. The summed E-state index contributed by atoms with van der Waals surface area (Å²) in [6.07, 6.45) is 5.34. The van der Waals surface area contributed by atoms with Gasteiger partial charge in [-0.25, -0.2) is 0 Å². The van der Waals surface area contributed by atoms with Crippen molar-refractivity contribution in [1.29, 1.82) is 0 Å². The van der Waals surface area contributed by atoms with Crippen LogP contribution in [-0.2, 0) is 14.3 Å². The monoisotopic (exact) mass is 302 g/mol. The van der Waals surface area contributed by atoms with Gasteiger partial charge in [-0.3, -0.25) is 4.79 Å². The zero-order valence-electron chi connectivity index (χ0n) is 13.7. The molecule has 1 rings (SSSR count). The third-order valence-corrected chi connectivity index (χ3v) is 3.31. The Labute approximate surface area is 148 Å². The van der Waals surface area contributed by atoms with Crippen molar-refractivity contribution in [2.75, 3.05) is 0 Å². The minimum atomic E-state index is -1.30. The summed E-state index contributed by atoms with van der Waals surface area (Å²) in [5.74, 6) is -1.50.